The van der Waals surface area contributed by atoms with E-state index in [4.69, 9.17) is 4.74 Å². The van der Waals surface area contributed by atoms with Crippen molar-refractivity contribution in [1.82, 2.24) is 15.2 Å². The molecule has 9 nitrogen and oxygen atoms in total. The van der Waals surface area contributed by atoms with Crippen LogP contribution in [0.5, 0.6) is 5.75 Å². The summed E-state index contributed by atoms with van der Waals surface area (Å²) in [5, 5.41) is 18.9. The Bertz CT molecular complexity index is 969. The van der Waals surface area contributed by atoms with Gasteiger partial charge in [-0.05, 0) is 18.2 Å². The summed E-state index contributed by atoms with van der Waals surface area (Å²) >= 11 is 0. The summed E-state index contributed by atoms with van der Waals surface area (Å²) in [6.45, 7) is -0.397. The van der Waals surface area contributed by atoms with Gasteiger partial charge in [-0.1, -0.05) is 30.3 Å². The minimum absolute atomic E-state index is 0.0192. The number of nitro groups is 1. The average Bonchev–Trinajstić information content (AvgIpc) is 3.16. The topological polar surface area (TPSA) is 112 Å². The van der Waals surface area contributed by atoms with E-state index in [9.17, 15) is 14.9 Å². The first-order valence-corrected chi connectivity index (χ1v) is 7.92. The van der Waals surface area contributed by atoms with E-state index in [0.717, 1.165) is 5.69 Å². The third kappa shape index (κ3) is 4.75. The summed E-state index contributed by atoms with van der Waals surface area (Å²) < 4.78 is 6.86. The van der Waals surface area contributed by atoms with E-state index in [2.05, 4.69) is 15.6 Å². The molecule has 0 bridgehead atoms. The van der Waals surface area contributed by atoms with E-state index in [1.807, 2.05) is 30.3 Å². The molecule has 0 saturated carbocycles. The van der Waals surface area contributed by atoms with Crippen molar-refractivity contribution >= 4 is 17.8 Å². The Morgan fingerprint density at radius 3 is 2.74 bits per heavy atom. The van der Waals surface area contributed by atoms with Crippen molar-refractivity contribution in [2.45, 2.75) is 0 Å². The largest absolute Gasteiger partial charge is 0.477 e. The zero-order chi connectivity index (χ0) is 19.1. The molecule has 0 atom stereocenters. The Kier molecular flexibility index (Phi) is 5.53. The molecule has 136 valence electrons. The summed E-state index contributed by atoms with van der Waals surface area (Å²) in [5.41, 5.74) is 3.69. The van der Waals surface area contributed by atoms with Gasteiger partial charge in [0.15, 0.2) is 12.4 Å². The minimum atomic E-state index is -0.574. The van der Waals surface area contributed by atoms with Crippen LogP contribution in [0.1, 0.15) is 5.56 Å². The highest BCUT2D eigenvalue weighted by molar-refractivity contribution is 5.82. The lowest BCUT2D eigenvalue weighted by Crippen LogP contribution is -2.24. The molecule has 27 heavy (non-hydrogen) atoms. The molecule has 0 fully saturated rings. The molecule has 9 heteroatoms. The number of aromatic nitrogens is 2. The number of rotatable bonds is 7. The van der Waals surface area contributed by atoms with Crippen LogP contribution in [0, 0.1) is 10.1 Å². The molecule has 0 spiro atoms. The van der Waals surface area contributed by atoms with Crippen LogP contribution in [0.4, 0.5) is 5.69 Å². The Morgan fingerprint density at radius 1 is 1.22 bits per heavy atom. The quantitative estimate of drug-likeness (QED) is 0.392. The van der Waals surface area contributed by atoms with Crippen LogP contribution < -0.4 is 10.2 Å². The second-order valence-corrected chi connectivity index (χ2v) is 5.36. The maximum Gasteiger partial charge on any atom is 0.310 e. The Balaban J connectivity index is 1.52. The molecule has 1 aromatic heterocycles. The van der Waals surface area contributed by atoms with Crippen LogP contribution in [-0.4, -0.2) is 33.4 Å². The van der Waals surface area contributed by atoms with Crippen molar-refractivity contribution in [2.24, 2.45) is 5.10 Å². The van der Waals surface area contributed by atoms with Gasteiger partial charge >= 0.3 is 5.69 Å². The van der Waals surface area contributed by atoms with Crippen molar-refractivity contribution in [3.8, 4) is 11.4 Å². The summed E-state index contributed by atoms with van der Waals surface area (Å²) in [6.07, 6.45) is 4.80. The van der Waals surface area contributed by atoms with Gasteiger partial charge in [0.2, 0.25) is 0 Å². The van der Waals surface area contributed by atoms with E-state index < -0.39 is 17.4 Å². The summed E-state index contributed by atoms with van der Waals surface area (Å²) in [5.74, 6) is -0.523. The Morgan fingerprint density at radius 2 is 1.96 bits per heavy atom. The first-order valence-electron chi connectivity index (χ1n) is 7.92. The lowest BCUT2D eigenvalue weighted by molar-refractivity contribution is -0.385. The van der Waals surface area contributed by atoms with Gasteiger partial charge in [-0.3, -0.25) is 14.9 Å². The maximum absolute atomic E-state index is 11.8. The molecule has 0 radical (unpaired) electrons. The van der Waals surface area contributed by atoms with Crippen LogP contribution in [0.15, 0.2) is 72.1 Å². The molecule has 2 aromatic carbocycles. The molecule has 1 amide bonds. The number of ether oxygens (including phenoxy) is 1. The van der Waals surface area contributed by atoms with E-state index in [1.165, 1.54) is 24.4 Å². The van der Waals surface area contributed by atoms with Crippen molar-refractivity contribution in [1.29, 1.82) is 0 Å². The number of nitrogens with zero attached hydrogens (tertiary/aromatic N) is 4. The zero-order valence-corrected chi connectivity index (χ0v) is 14.1. The predicted octanol–water partition coefficient (Wildman–Crippen LogP) is 2.31. The number of nitro benzene ring substituents is 1. The van der Waals surface area contributed by atoms with Crippen LogP contribution >= 0.6 is 0 Å². The van der Waals surface area contributed by atoms with Crippen molar-refractivity contribution in [2.75, 3.05) is 6.61 Å². The highest BCUT2D eigenvalue weighted by Gasteiger charge is 2.14. The van der Waals surface area contributed by atoms with E-state index in [1.54, 1.807) is 23.1 Å². The highest BCUT2D eigenvalue weighted by Crippen LogP contribution is 2.25. The Labute approximate surface area is 154 Å². The van der Waals surface area contributed by atoms with Crippen LogP contribution in [0.25, 0.3) is 5.69 Å². The molecule has 3 aromatic rings. The lowest BCUT2D eigenvalue weighted by Gasteiger charge is -2.05. The Hall–Kier alpha value is -4.01. The van der Waals surface area contributed by atoms with Gasteiger partial charge in [0, 0.05) is 17.8 Å². The number of carbonyl (C=O) groups excluding carboxylic acids is 1. The molecule has 0 aliphatic rings. The number of hydrogen-bond donors (Lipinski definition) is 1. The first kappa shape index (κ1) is 17.8. The third-order valence-electron chi connectivity index (χ3n) is 3.45. The van der Waals surface area contributed by atoms with Gasteiger partial charge in [0.1, 0.15) is 0 Å². The monoisotopic (exact) mass is 365 g/mol. The van der Waals surface area contributed by atoms with Gasteiger partial charge in [0.25, 0.3) is 5.91 Å². The fourth-order valence-corrected chi connectivity index (χ4v) is 2.21. The number of benzene rings is 2. The fourth-order valence-electron chi connectivity index (χ4n) is 2.21. The van der Waals surface area contributed by atoms with Crippen molar-refractivity contribution in [3.05, 3.63) is 82.7 Å². The van der Waals surface area contributed by atoms with Crippen LogP contribution in [0.2, 0.25) is 0 Å². The normalized spacial score (nSPS) is 10.7. The smallest absolute Gasteiger partial charge is 0.310 e. The first-order chi connectivity index (χ1) is 13.1. The van der Waals surface area contributed by atoms with Gasteiger partial charge < -0.3 is 4.74 Å². The molecule has 0 aliphatic heterocycles. The fraction of sp³-hybridized carbons (Fsp3) is 0.0556. The van der Waals surface area contributed by atoms with E-state index in [0.29, 0.717) is 5.56 Å². The molecular formula is C18H15N5O4. The van der Waals surface area contributed by atoms with Gasteiger partial charge in [-0.25, -0.2) is 10.1 Å². The number of carbonyl (C=O) groups is 1. The predicted molar refractivity (Wildman–Crippen MR) is 97.9 cm³/mol. The molecule has 3 rings (SSSR count). The zero-order valence-electron chi connectivity index (χ0n) is 14.1. The maximum atomic E-state index is 11.8. The van der Waals surface area contributed by atoms with Crippen LogP contribution in [-0.2, 0) is 4.79 Å². The summed E-state index contributed by atoms with van der Waals surface area (Å²) in [6, 6.07) is 15.4. The van der Waals surface area contributed by atoms with Gasteiger partial charge in [-0.2, -0.15) is 10.2 Å². The van der Waals surface area contributed by atoms with E-state index in [-0.39, 0.29) is 11.4 Å². The number of hydrogen-bond acceptors (Lipinski definition) is 6. The van der Waals surface area contributed by atoms with E-state index >= 15 is 0 Å². The second kappa shape index (κ2) is 8.39. The molecule has 0 aliphatic carbocycles. The lowest BCUT2D eigenvalue weighted by atomic mass is 10.3. The van der Waals surface area contributed by atoms with Crippen molar-refractivity contribution in [3.63, 3.8) is 0 Å². The standard InChI is InChI=1S/C18H15N5O4/c24-18(13-27-17-9-5-4-8-16(17)23(25)26)21-19-10-14-11-20-22(12-14)15-6-2-1-3-7-15/h1-12H,13H2,(H,21,24)/b19-10-. The van der Waals surface area contributed by atoms with Crippen LogP contribution in [0.3, 0.4) is 0 Å². The molecule has 1 N–H and O–H groups in total. The summed E-state index contributed by atoms with van der Waals surface area (Å²) in [7, 11) is 0. The van der Waals surface area contributed by atoms with Gasteiger partial charge in [-0.15, -0.1) is 0 Å². The number of amides is 1. The highest BCUT2D eigenvalue weighted by atomic mass is 16.6. The molecular weight excluding hydrogens is 350 g/mol. The van der Waals surface area contributed by atoms with Crippen molar-refractivity contribution < 1.29 is 14.5 Å². The number of nitrogens with one attached hydrogen (secondary N) is 1. The van der Waals surface area contributed by atoms with Gasteiger partial charge in [0.05, 0.1) is 23.0 Å². The molecule has 0 unspecified atom stereocenters. The minimum Gasteiger partial charge on any atom is -0.477 e. The SMILES string of the molecule is O=C(COc1ccccc1[N+](=O)[O-])N/N=C\c1cnn(-c2ccccc2)c1. The average molecular weight is 365 g/mol. The third-order valence-corrected chi connectivity index (χ3v) is 3.45. The number of para-hydroxylation sites is 3. The molecule has 1 heterocycles. The molecule has 0 saturated heterocycles. The summed E-state index contributed by atoms with van der Waals surface area (Å²) in [4.78, 5) is 22.1. The second-order valence-electron chi connectivity index (χ2n) is 5.36. The number of hydrazone groups is 1.